The van der Waals surface area contributed by atoms with Gasteiger partial charge in [-0.1, -0.05) is 30.3 Å². The molecule has 0 spiro atoms. The van der Waals surface area contributed by atoms with Crippen LogP contribution >= 0.6 is 0 Å². The minimum absolute atomic E-state index is 0.0868. The number of hydrogen-bond donors (Lipinski definition) is 1. The maximum absolute atomic E-state index is 12.1. The van der Waals surface area contributed by atoms with Crippen LogP contribution < -0.4 is 5.43 Å². The molecule has 0 saturated heterocycles. The minimum atomic E-state index is -0.0868. The van der Waals surface area contributed by atoms with Crippen molar-refractivity contribution in [1.82, 2.24) is 4.98 Å². The normalized spacial score (nSPS) is 10.5. The van der Waals surface area contributed by atoms with E-state index in [-0.39, 0.29) is 5.43 Å². The van der Waals surface area contributed by atoms with Crippen molar-refractivity contribution in [3.63, 3.8) is 0 Å². The summed E-state index contributed by atoms with van der Waals surface area (Å²) < 4.78 is 0. The quantitative estimate of drug-likeness (QED) is 0.710. The molecule has 0 aliphatic carbocycles. The highest BCUT2D eigenvalue weighted by Crippen LogP contribution is 2.18. The molecule has 0 atom stereocenters. The molecular formula is C16H11NO2. The van der Waals surface area contributed by atoms with Crippen molar-refractivity contribution >= 4 is 17.2 Å². The zero-order chi connectivity index (χ0) is 13.2. The van der Waals surface area contributed by atoms with Crippen molar-refractivity contribution < 1.29 is 4.79 Å². The monoisotopic (exact) mass is 249 g/mol. The summed E-state index contributed by atoms with van der Waals surface area (Å²) in [5, 5.41) is 0.532. The van der Waals surface area contributed by atoms with Gasteiger partial charge < -0.3 is 4.98 Å². The predicted molar refractivity (Wildman–Crippen MR) is 75.4 cm³/mol. The summed E-state index contributed by atoms with van der Waals surface area (Å²) in [5.41, 5.74) is 2.89. The number of aromatic nitrogens is 1. The molecule has 1 aromatic heterocycles. The number of H-pyrrole nitrogens is 1. The van der Waals surface area contributed by atoms with Crippen molar-refractivity contribution in [1.29, 1.82) is 0 Å². The maximum atomic E-state index is 12.1. The van der Waals surface area contributed by atoms with E-state index in [1.54, 1.807) is 24.3 Å². The van der Waals surface area contributed by atoms with Gasteiger partial charge in [-0.3, -0.25) is 9.59 Å². The van der Waals surface area contributed by atoms with E-state index >= 15 is 0 Å². The second-order valence-corrected chi connectivity index (χ2v) is 4.34. The molecule has 0 radical (unpaired) electrons. The standard InChI is InChI=1S/C16H11NO2/c18-10-11-6-7-14-13(8-11)16(19)9-15(17-14)12-4-2-1-3-5-12/h1-10H,(H,17,19). The van der Waals surface area contributed by atoms with Crippen molar-refractivity contribution in [2.75, 3.05) is 0 Å². The molecule has 0 saturated carbocycles. The van der Waals surface area contributed by atoms with Gasteiger partial charge in [-0.25, -0.2) is 0 Å². The van der Waals surface area contributed by atoms with Gasteiger partial charge in [-0.15, -0.1) is 0 Å². The highest BCUT2D eigenvalue weighted by Gasteiger charge is 2.04. The van der Waals surface area contributed by atoms with Crippen LogP contribution in [0.25, 0.3) is 22.2 Å². The lowest BCUT2D eigenvalue weighted by atomic mass is 10.1. The van der Waals surface area contributed by atoms with Crippen LogP contribution in [-0.4, -0.2) is 11.3 Å². The average molecular weight is 249 g/mol. The van der Waals surface area contributed by atoms with Crippen LogP contribution in [0.15, 0.2) is 59.4 Å². The number of fused-ring (bicyclic) bond motifs is 1. The number of carbonyl (C=O) groups excluding carboxylic acids is 1. The lowest BCUT2D eigenvalue weighted by Gasteiger charge is -2.04. The lowest BCUT2D eigenvalue weighted by molar-refractivity contribution is 0.112. The summed E-state index contributed by atoms with van der Waals surface area (Å²) in [6.07, 6.45) is 0.740. The van der Waals surface area contributed by atoms with Gasteiger partial charge in [0.2, 0.25) is 0 Å². The molecule has 3 nitrogen and oxygen atoms in total. The largest absolute Gasteiger partial charge is 0.354 e. The predicted octanol–water partition coefficient (Wildman–Crippen LogP) is 3.01. The van der Waals surface area contributed by atoms with E-state index in [2.05, 4.69) is 4.98 Å². The molecule has 19 heavy (non-hydrogen) atoms. The molecule has 1 heterocycles. The fourth-order valence-corrected chi connectivity index (χ4v) is 2.11. The Kier molecular flexibility index (Phi) is 2.72. The van der Waals surface area contributed by atoms with E-state index in [1.165, 1.54) is 0 Å². The Bertz CT molecular complexity index is 804. The highest BCUT2D eigenvalue weighted by molar-refractivity contribution is 5.87. The molecule has 0 aliphatic rings. The smallest absolute Gasteiger partial charge is 0.190 e. The first-order valence-electron chi connectivity index (χ1n) is 5.95. The second kappa shape index (κ2) is 4.53. The zero-order valence-corrected chi connectivity index (χ0v) is 10.1. The SMILES string of the molecule is O=Cc1ccc2[nH]c(-c3ccccc3)cc(=O)c2c1. The Balaban J connectivity index is 2.26. The number of carbonyl (C=O) groups is 1. The van der Waals surface area contributed by atoms with Crippen LogP contribution in [-0.2, 0) is 0 Å². The Morgan fingerprint density at radius 3 is 2.47 bits per heavy atom. The van der Waals surface area contributed by atoms with Gasteiger partial charge in [0, 0.05) is 28.2 Å². The first-order chi connectivity index (χ1) is 9.28. The topological polar surface area (TPSA) is 49.9 Å². The molecule has 0 fully saturated rings. The Morgan fingerprint density at radius 2 is 1.74 bits per heavy atom. The molecule has 2 aromatic carbocycles. The summed E-state index contributed by atoms with van der Waals surface area (Å²) in [6.45, 7) is 0. The maximum Gasteiger partial charge on any atom is 0.190 e. The van der Waals surface area contributed by atoms with Crippen molar-refractivity contribution in [2.24, 2.45) is 0 Å². The average Bonchev–Trinajstić information content (AvgIpc) is 2.48. The Morgan fingerprint density at radius 1 is 0.947 bits per heavy atom. The van der Waals surface area contributed by atoms with Gasteiger partial charge >= 0.3 is 0 Å². The molecule has 0 amide bonds. The first kappa shape index (κ1) is 11.4. The second-order valence-electron chi connectivity index (χ2n) is 4.34. The summed E-state index contributed by atoms with van der Waals surface area (Å²) >= 11 is 0. The van der Waals surface area contributed by atoms with Gasteiger partial charge in [0.25, 0.3) is 0 Å². The molecular weight excluding hydrogens is 238 g/mol. The molecule has 1 N–H and O–H groups in total. The number of pyridine rings is 1. The van der Waals surface area contributed by atoms with Crippen LogP contribution in [0.5, 0.6) is 0 Å². The lowest BCUT2D eigenvalue weighted by Crippen LogP contribution is -2.03. The van der Waals surface area contributed by atoms with E-state index in [0.29, 0.717) is 10.9 Å². The summed E-state index contributed by atoms with van der Waals surface area (Å²) in [6, 6.07) is 16.3. The molecule has 3 rings (SSSR count). The molecule has 0 unspecified atom stereocenters. The van der Waals surface area contributed by atoms with E-state index in [4.69, 9.17) is 0 Å². The van der Waals surface area contributed by atoms with E-state index < -0.39 is 0 Å². The number of hydrogen-bond acceptors (Lipinski definition) is 2. The highest BCUT2D eigenvalue weighted by atomic mass is 16.1. The van der Waals surface area contributed by atoms with E-state index in [0.717, 1.165) is 23.1 Å². The molecule has 3 heteroatoms. The number of nitrogens with one attached hydrogen (secondary N) is 1. The van der Waals surface area contributed by atoms with Gasteiger partial charge in [0.05, 0.1) is 0 Å². The summed E-state index contributed by atoms with van der Waals surface area (Å²) in [7, 11) is 0. The number of rotatable bonds is 2. The third-order valence-corrected chi connectivity index (χ3v) is 3.07. The fourth-order valence-electron chi connectivity index (χ4n) is 2.11. The van der Waals surface area contributed by atoms with Crippen LogP contribution in [0.1, 0.15) is 10.4 Å². The zero-order valence-electron chi connectivity index (χ0n) is 10.1. The molecule has 0 bridgehead atoms. The van der Waals surface area contributed by atoms with Crippen LogP contribution in [0.3, 0.4) is 0 Å². The third kappa shape index (κ3) is 2.06. The van der Waals surface area contributed by atoms with Gasteiger partial charge in [0.15, 0.2) is 5.43 Å². The fraction of sp³-hybridized carbons (Fsp3) is 0. The molecule has 3 aromatic rings. The third-order valence-electron chi connectivity index (χ3n) is 3.07. The first-order valence-corrected chi connectivity index (χ1v) is 5.95. The summed E-state index contributed by atoms with van der Waals surface area (Å²) in [5.74, 6) is 0. The van der Waals surface area contributed by atoms with Crippen molar-refractivity contribution in [2.45, 2.75) is 0 Å². The van der Waals surface area contributed by atoms with Crippen LogP contribution in [0.2, 0.25) is 0 Å². The Labute approximate surface area is 109 Å². The van der Waals surface area contributed by atoms with Crippen LogP contribution in [0.4, 0.5) is 0 Å². The van der Waals surface area contributed by atoms with Gasteiger partial charge in [-0.2, -0.15) is 0 Å². The number of benzene rings is 2. The Hall–Kier alpha value is -2.68. The van der Waals surface area contributed by atoms with E-state index in [9.17, 15) is 9.59 Å². The van der Waals surface area contributed by atoms with E-state index in [1.807, 2.05) is 30.3 Å². The van der Waals surface area contributed by atoms with Crippen molar-refractivity contribution in [3.05, 3.63) is 70.4 Å². The van der Waals surface area contributed by atoms with Gasteiger partial charge in [0.1, 0.15) is 6.29 Å². The molecule has 0 aliphatic heterocycles. The summed E-state index contributed by atoms with van der Waals surface area (Å²) in [4.78, 5) is 26.1. The van der Waals surface area contributed by atoms with Gasteiger partial charge in [-0.05, 0) is 23.8 Å². The minimum Gasteiger partial charge on any atom is -0.354 e. The number of aldehydes is 1. The van der Waals surface area contributed by atoms with Crippen molar-refractivity contribution in [3.8, 4) is 11.3 Å². The molecule has 92 valence electrons. The van der Waals surface area contributed by atoms with Crippen LogP contribution in [0, 0.1) is 0 Å². The number of aromatic amines is 1.